The number of fused-ring (bicyclic) bond motifs is 2. The number of H-pyrrole nitrogens is 1. The van der Waals surface area contributed by atoms with Gasteiger partial charge in [0.15, 0.2) is 17.3 Å². The molecule has 0 saturated carbocycles. The Hall–Kier alpha value is -2.98. The number of ether oxygens (including phenoxy) is 3. The van der Waals surface area contributed by atoms with Crippen LogP contribution in [0.5, 0.6) is 11.5 Å². The van der Waals surface area contributed by atoms with E-state index in [1.165, 1.54) is 6.42 Å². The van der Waals surface area contributed by atoms with Crippen molar-refractivity contribution in [1.82, 2.24) is 30.1 Å². The number of aromatic amines is 1. The Labute approximate surface area is 190 Å². The molecule has 33 heavy (non-hydrogen) atoms. The first-order valence-electron chi connectivity index (χ1n) is 11.7. The molecule has 0 bridgehead atoms. The van der Waals surface area contributed by atoms with Crippen molar-refractivity contribution >= 4 is 10.9 Å². The molecule has 10 heteroatoms. The number of likely N-dealkylation sites (tertiary alicyclic amines) is 1. The first kappa shape index (κ1) is 20.6. The van der Waals surface area contributed by atoms with Crippen molar-refractivity contribution in [2.45, 2.75) is 51.3 Å². The molecular weight excluding hydrogens is 424 g/mol. The van der Waals surface area contributed by atoms with Crippen molar-refractivity contribution in [3.05, 3.63) is 39.9 Å². The van der Waals surface area contributed by atoms with Crippen LogP contribution in [0.3, 0.4) is 0 Å². The van der Waals surface area contributed by atoms with Crippen molar-refractivity contribution < 1.29 is 14.2 Å². The zero-order valence-electron chi connectivity index (χ0n) is 18.7. The second-order valence-electron chi connectivity index (χ2n) is 9.35. The molecule has 3 aliphatic rings. The Balaban J connectivity index is 1.45. The highest BCUT2D eigenvalue weighted by atomic mass is 16.7. The fraction of sp³-hybridized carbons (Fsp3) is 0.565. The third-order valence-electron chi connectivity index (χ3n) is 6.92. The minimum atomic E-state index is -0.345. The van der Waals surface area contributed by atoms with E-state index in [-0.39, 0.29) is 24.5 Å². The summed E-state index contributed by atoms with van der Waals surface area (Å²) < 4.78 is 18.7. The Morgan fingerprint density at radius 2 is 2.06 bits per heavy atom. The quantitative estimate of drug-likeness (QED) is 0.628. The molecule has 10 nitrogen and oxygen atoms in total. The number of rotatable bonds is 5. The van der Waals surface area contributed by atoms with Gasteiger partial charge in [0, 0.05) is 30.2 Å². The van der Waals surface area contributed by atoms with E-state index in [1.807, 2.05) is 22.9 Å². The normalized spacial score (nSPS) is 23.9. The second-order valence-corrected chi connectivity index (χ2v) is 9.35. The number of pyridine rings is 1. The molecule has 2 aromatic heterocycles. The predicted octanol–water partition coefficient (Wildman–Crippen LogP) is 2.24. The summed E-state index contributed by atoms with van der Waals surface area (Å²) in [7, 11) is 0. The summed E-state index contributed by atoms with van der Waals surface area (Å²) in [6.07, 6.45) is 4.41. The molecule has 3 aromatic rings. The highest BCUT2D eigenvalue weighted by Crippen LogP contribution is 2.37. The molecule has 3 atom stereocenters. The van der Waals surface area contributed by atoms with Crippen LogP contribution < -0.4 is 15.0 Å². The topological polar surface area (TPSA) is 107 Å². The van der Waals surface area contributed by atoms with Gasteiger partial charge >= 0.3 is 0 Å². The van der Waals surface area contributed by atoms with Crippen LogP contribution in [0, 0.1) is 5.92 Å². The van der Waals surface area contributed by atoms with E-state index in [1.54, 1.807) is 0 Å². The van der Waals surface area contributed by atoms with Crippen molar-refractivity contribution in [2.75, 3.05) is 26.5 Å². The fourth-order valence-corrected chi connectivity index (χ4v) is 5.29. The Kier molecular flexibility index (Phi) is 5.26. The molecule has 5 heterocycles. The second kappa shape index (κ2) is 8.42. The maximum atomic E-state index is 13.4. The molecular formula is C23H28N6O4. The molecule has 6 rings (SSSR count). The van der Waals surface area contributed by atoms with Gasteiger partial charge in [-0.15, -0.1) is 5.10 Å². The lowest BCUT2D eigenvalue weighted by Gasteiger charge is -2.36. The van der Waals surface area contributed by atoms with Crippen molar-refractivity contribution in [2.24, 2.45) is 5.92 Å². The monoisotopic (exact) mass is 452 g/mol. The van der Waals surface area contributed by atoms with E-state index < -0.39 is 0 Å². The summed E-state index contributed by atoms with van der Waals surface area (Å²) in [5.41, 5.74) is 1.22. The number of hydrogen-bond donors (Lipinski definition) is 1. The number of nitrogens with zero attached hydrogens (tertiary/aromatic N) is 5. The SMILES string of the molecule is C[C@H]1CCCN([C@@H](c2cc3cc4c(cc3[nH]c2=O)OCO4)c2nnnn2C[C@@H]2CCCO2)C1. The molecule has 0 unspecified atom stereocenters. The van der Waals surface area contributed by atoms with Crippen molar-refractivity contribution in [1.29, 1.82) is 0 Å². The minimum absolute atomic E-state index is 0.0998. The van der Waals surface area contributed by atoms with Gasteiger partial charge in [-0.3, -0.25) is 9.69 Å². The summed E-state index contributed by atoms with van der Waals surface area (Å²) in [5.74, 6) is 2.56. The number of aromatic nitrogens is 5. The van der Waals surface area contributed by atoms with E-state index >= 15 is 0 Å². The number of benzene rings is 1. The van der Waals surface area contributed by atoms with Gasteiger partial charge in [-0.1, -0.05) is 6.92 Å². The molecule has 0 amide bonds. The summed E-state index contributed by atoms with van der Waals surface area (Å²) in [5, 5.41) is 13.6. The van der Waals surface area contributed by atoms with Gasteiger partial charge in [-0.25, -0.2) is 4.68 Å². The van der Waals surface area contributed by atoms with Gasteiger partial charge in [0.1, 0.15) is 6.04 Å². The summed E-state index contributed by atoms with van der Waals surface area (Å²) >= 11 is 0. The molecule has 0 radical (unpaired) electrons. The van der Waals surface area contributed by atoms with Gasteiger partial charge in [-0.05, 0) is 60.7 Å². The van der Waals surface area contributed by atoms with Crippen LogP contribution in [0.15, 0.2) is 23.0 Å². The molecule has 2 fully saturated rings. The Bertz CT molecular complexity index is 1220. The molecule has 0 aliphatic carbocycles. The van der Waals surface area contributed by atoms with Crippen LogP contribution >= 0.6 is 0 Å². The lowest BCUT2D eigenvalue weighted by molar-refractivity contribution is 0.0889. The van der Waals surface area contributed by atoms with Crippen LogP contribution in [0.1, 0.15) is 50.0 Å². The maximum absolute atomic E-state index is 13.4. The highest BCUT2D eigenvalue weighted by molar-refractivity contribution is 5.83. The molecule has 174 valence electrons. The van der Waals surface area contributed by atoms with E-state index in [9.17, 15) is 4.79 Å². The van der Waals surface area contributed by atoms with Gasteiger partial charge in [0.2, 0.25) is 6.79 Å². The zero-order valence-corrected chi connectivity index (χ0v) is 18.7. The van der Waals surface area contributed by atoms with Crippen LogP contribution in [-0.2, 0) is 11.3 Å². The highest BCUT2D eigenvalue weighted by Gasteiger charge is 2.33. The number of hydrogen-bond acceptors (Lipinski definition) is 8. The van der Waals surface area contributed by atoms with Crippen LogP contribution in [0.25, 0.3) is 10.9 Å². The number of piperidine rings is 1. The standard InChI is InChI=1S/C23H28N6O4/c1-14-4-2-6-28(11-14)21(22-25-26-27-29(22)12-16-5-3-7-31-16)17-8-15-9-19-20(33-13-32-19)10-18(15)24-23(17)30/h8-10,14,16,21H,2-7,11-13H2,1H3,(H,24,30)/t14-,16-,21-/m0/s1. The average molecular weight is 453 g/mol. The summed E-state index contributed by atoms with van der Waals surface area (Å²) in [6.45, 7) is 5.58. The average Bonchev–Trinajstić information content (AvgIpc) is 3.56. The predicted molar refractivity (Wildman–Crippen MR) is 119 cm³/mol. The van der Waals surface area contributed by atoms with Gasteiger partial charge in [-0.2, -0.15) is 0 Å². The first-order valence-corrected chi connectivity index (χ1v) is 11.7. The lowest BCUT2D eigenvalue weighted by atomic mass is 9.95. The molecule has 3 aliphatic heterocycles. The van der Waals surface area contributed by atoms with E-state index in [4.69, 9.17) is 14.2 Å². The lowest BCUT2D eigenvalue weighted by Crippen LogP contribution is -2.41. The summed E-state index contributed by atoms with van der Waals surface area (Å²) in [4.78, 5) is 18.8. The first-order chi connectivity index (χ1) is 16.2. The van der Waals surface area contributed by atoms with E-state index in [0.29, 0.717) is 35.3 Å². The molecule has 1 aromatic carbocycles. The Morgan fingerprint density at radius 1 is 1.18 bits per heavy atom. The molecule has 2 saturated heterocycles. The Morgan fingerprint density at radius 3 is 2.88 bits per heavy atom. The number of nitrogens with one attached hydrogen (secondary N) is 1. The molecule has 0 spiro atoms. The number of tetrazole rings is 1. The van der Waals surface area contributed by atoms with Gasteiger partial charge in [0.25, 0.3) is 5.56 Å². The largest absolute Gasteiger partial charge is 0.454 e. The third-order valence-corrected chi connectivity index (χ3v) is 6.92. The van der Waals surface area contributed by atoms with Gasteiger partial charge < -0.3 is 19.2 Å². The zero-order chi connectivity index (χ0) is 22.4. The molecule has 1 N–H and O–H groups in total. The third kappa shape index (κ3) is 3.87. The van der Waals surface area contributed by atoms with E-state index in [0.717, 1.165) is 49.9 Å². The van der Waals surface area contributed by atoms with Crippen molar-refractivity contribution in [3.8, 4) is 11.5 Å². The van der Waals surface area contributed by atoms with Crippen LogP contribution in [0.2, 0.25) is 0 Å². The van der Waals surface area contributed by atoms with Crippen LogP contribution in [-0.4, -0.2) is 62.7 Å². The van der Waals surface area contributed by atoms with E-state index in [2.05, 4.69) is 32.3 Å². The van der Waals surface area contributed by atoms with Gasteiger partial charge in [0.05, 0.1) is 18.2 Å². The fourth-order valence-electron chi connectivity index (χ4n) is 5.29. The minimum Gasteiger partial charge on any atom is -0.454 e. The van der Waals surface area contributed by atoms with Crippen LogP contribution in [0.4, 0.5) is 0 Å². The van der Waals surface area contributed by atoms with Crippen molar-refractivity contribution in [3.63, 3.8) is 0 Å². The maximum Gasteiger partial charge on any atom is 0.253 e. The summed E-state index contributed by atoms with van der Waals surface area (Å²) in [6, 6.07) is 5.35. The smallest absolute Gasteiger partial charge is 0.253 e.